The van der Waals surface area contributed by atoms with Crippen LogP contribution in [-0.4, -0.2) is 39.9 Å². The Morgan fingerprint density at radius 1 is 1.03 bits per heavy atom. The van der Waals surface area contributed by atoms with Gasteiger partial charge in [0.25, 0.3) is 0 Å². The third kappa shape index (κ3) is 9.18. The van der Waals surface area contributed by atoms with Gasteiger partial charge in [-0.2, -0.15) is 0 Å². The van der Waals surface area contributed by atoms with Crippen LogP contribution in [0.4, 0.5) is 0 Å². The van der Waals surface area contributed by atoms with Crippen LogP contribution < -0.4 is 0 Å². The highest BCUT2D eigenvalue weighted by Gasteiger charge is 2.44. The highest BCUT2D eigenvalue weighted by atomic mass is 28.4. The highest BCUT2D eigenvalue weighted by molar-refractivity contribution is 6.77. The van der Waals surface area contributed by atoms with E-state index in [9.17, 15) is 4.79 Å². The van der Waals surface area contributed by atoms with E-state index in [-0.39, 0.29) is 12.7 Å². The minimum Gasteiger partial charge on any atom is -0.433 e. The number of hydrogen-bond acceptors (Lipinski definition) is 5. The Morgan fingerprint density at radius 2 is 1.62 bits per heavy atom. The van der Waals surface area contributed by atoms with Crippen LogP contribution in [0.3, 0.4) is 0 Å². The minimum absolute atomic E-state index is 0.157. The first-order valence-electron chi connectivity index (χ1n) is 11.8. The van der Waals surface area contributed by atoms with Crippen molar-refractivity contribution in [2.24, 2.45) is 0 Å². The van der Waals surface area contributed by atoms with Crippen molar-refractivity contribution in [2.45, 2.75) is 96.9 Å². The second-order valence-corrected chi connectivity index (χ2v) is 14.7. The summed E-state index contributed by atoms with van der Waals surface area (Å²) in [5.74, 6) is -0.391. The molecule has 2 atom stereocenters. The van der Waals surface area contributed by atoms with Gasteiger partial charge in [0.05, 0.1) is 12.7 Å². The van der Waals surface area contributed by atoms with Gasteiger partial charge in [-0.25, -0.2) is 0 Å². The van der Waals surface area contributed by atoms with Gasteiger partial charge >= 0.3 is 5.97 Å². The molecule has 1 aromatic rings. The highest BCUT2D eigenvalue weighted by Crippen LogP contribution is 2.42. The molecule has 32 heavy (non-hydrogen) atoms. The molecule has 0 aliphatic heterocycles. The number of esters is 1. The Kier molecular flexibility index (Phi) is 13.1. The predicted octanol–water partition coefficient (Wildman–Crippen LogP) is 6.64. The molecule has 0 bridgehead atoms. The molecule has 1 aromatic carbocycles. The maximum Gasteiger partial charge on any atom is 0.305 e. The molecular weight excluding hydrogens is 420 g/mol. The summed E-state index contributed by atoms with van der Waals surface area (Å²) < 4.78 is 23.9. The topological polar surface area (TPSA) is 54.0 Å². The number of benzene rings is 1. The van der Waals surface area contributed by atoms with Crippen molar-refractivity contribution in [1.82, 2.24) is 0 Å². The zero-order chi connectivity index (χ0) is 24.1. The quantitative estimate of drug-likeness (QED) is 0.119. The average molecular weight is 465 g/mol. The standard InChI is InChI=1S/C26H44O5Si/c1-9-13-25(16-17-29-32(20(2)3,21(4)5)22(6)7)31-26(30-23(8)27)19-28-18-24-14-11-10-12-15-24/h9-12,14-15,20-22,25-26H,1,13,16-19H2,2-8H3/t25-,26?/m1/s1. The van der Waals surface area contributed by atoms with Crippen LogP contribution >= 0.6 is 0 Å². The van der Waals surface area contributed by atoms with E-state index < -0.39 is 20.6 Å². The van der Waals surface area contributed by atoms with E-state index in [0.717, 1.165) is 5.56 Å². The van der Waals surface area contributed by atoms with E-state index in [2.05, 4.69) is 48.1 Å². The van der Waals surface area contributed by atoms with Crippen molar-refractivity contribution in [3.05, 3.63) is 48.6 Å². The normalized spacial score (nSPS) is 14.1. The molecule has 182 valence electrons. The van der Waals surface area contributed by atoms with E-state index in [1.54, 1.807) is 0 Å². The summed E-state index contributed by atoms with van der Waals surface area (Å²) >= 11 is 0. The summed E-state index contributed by atoms with van der Waals surface area (Å²) in [6, 6.07) is 9.88. The lowest BCUT2D eigenvalue weighted by atomic mass is 10.2. The molecule has 0 heterocycles. The third-order valence-corrected chi connectivity index (χ3v) is 12.1. The van der Waals surface area contributed by atoms with Crippen LogP contribution in [0, 0.1) is 0 Å². The summed E-state index contributed by atoms with van der Waals surface area (Å²) in [7, 11) is -1.93. The molecule has 0 saturated heterocycles. The zero-order valence-corrected chi connectivity index (χ0v) is 22.1. The molecule has 0 aromatic heterocycles. The van der Waals surface area contributed by atoms with Gasteiger partial charge in [-0.05, 0) is 35.0 Å². The monoisotopic (exact) mass is 464 g/mol. The predicted molar refractivity (Wildman–Crippen MR) is 133 cm³/mol. The van der Waals surface area contributed by atoms with Crippen LogP contribution in [0.15, 0.2) is 43.0 Å². The van der Waals surface area contributed by atoms with E-state index in [1.165, 1.54) is 6.92 Å². The van der Waals surface area contributed by atoms with Crippen molar-refractivity contribution in [3.63, 3.8) is 0 Å². The third-order valence-electron chi connectivity index (χ3n) is 5.94. The van der Waals surface area contributed by atoms with Crippen molar-refractivity contribution in [3.8, 4) is 0 Å². The molecular formula is C26H44O5Si. The van der Waals surface area contributed by atoms with Crippen LogP contribution in [-0.2, 0) is 30.0 Å². The fourth-order valence-electron chi connectivity index (χ4n) is 4.64. The van der Waals surface area contributed by atoms with Crippen LogP contribution in [0.5, 0.6) is 0 Å². The molecule has 6 heteroatoms. The Bertz CT molecular complexity index is 638. The number of ether oxygens (including phenoxy) is 3. The fraction of sp³-hybridized carbons (Fsp3) is 0.654. The molecule has 0 spiro atoms. The Hall–Kier alpha value is -1.47. The molecule has 5 nitrogen and oxygen atoms in total. The van der Waals surface area contributed by atoms with Gasteiger partial charge in [0.15, 0.2) is 8.32 Å². The fourth-order valence-corrected chi connectivity index (χ4v) is 10.1. The Labute approximate surface area is 196 Å². The van der Waals surface area contributed by atoms with Crippen LogP contribution in [0.2, 0.25) is 16.6 Å². The number of rotatable bonds is 16. The van der Waals surface area contributed by atoms with Gasteiger partial charge in [-0.15, -0.1) is 6.58 Å². The van der Waals surface area contributed by atoms with Gasteiger partial charge < -0.3 is 18.6 Å². The molecule has 0 radical (unpaired) electrons. The molecule has 0 amide bonds. The lowest BCUT2D eigenvalue weighted by Gasteiger charge is -2.42. The van der Waals surface area contributed by atoms with E-state index in [0.29, 0.717) is 42.7 Å². The van der Waals surface area contributed by atoms with Crippen molar-refractivity contribution in [2.75, 3.05) is 13.2 Å². The largest absolute Gasteiger partial charge is 0.433 e. The van der Waals surface area contributed by atoms with Gasteiger partial charge in [0.1, 0.15) is 6.61 Å². The summed E-state index contributed by atoms with van der Waals surface area (Å²) in [6.07, 6.45) is 2.28. The molecule has 0 aliphatic rings. The van der Waals surface area contributed by atoms with E-state index >= 15 is 0 Å². The lowest BCUT2D eigenvalue weighted by Crippen LogP contribution is -2.48. The van der Waals surface area contributed by atoms with Gasteiger partial charge in [-0.3, -0.25) is 4.79 Å². The molecule has 0 N–H and O–H groups in total. The Balaban J connectivity index is 2.72. The van der Waals surface area contributed by atoms with Gasteiger partial charge in [0, 0.05) is 13.5 Å². The summed E-state index contributed by atoms with van der Waals surface area (Å²) in [5, 5.41) is 0. The van der Waals surface area contributed by atoms with Crippen molar-refractivity contribution >= 4 is 14.3 Å². The number of hydrogen-bond donors (Lipinski definition) is 0. The molecule has 0 fully saturated rings. The summed E-state index contributed by atoms with van der Waals surface area (Å²) in [4.78, 5) is 11.6. The Morgan fingerprint density at radius 3 is 2.12 bits per heavy atom. The first-order valence-corrected chi connectivity index (χ1v) is 14.0. The van der Waals surface area contributed by atoms with Crippen LogP contribution in [0.1, 0.15) is 66.9 Å². The number of carbonyl (C=O) groups is 1. The second kappa shape index (κ2) is 14.6. The van der Waals surface area contributed by atoms with E-state index in [1.807, 2.05) is 36.4 Å². The van der Waals surface area contributed by atoms with Gasteiger partial charge in [0.2, 0.25) is 6.29 Å². The molecule has 1 rings (SSSR count). The maximum atomic E-state index is 11.6. The molecule has 0 aliphatic carbocycles. The first-order chi connectivity index (χ1) is 15.1. The van der Waals surface area contributed by atoms with Crippen LogP contribution in [0.25, 0.3) is 0 Å². The molecule has 1 unspecified atom stereocenters. The lowest BCUT2D eigenvalue weighted by molar-refractivity contribution is -0.203. The van der Waals surface area contributed by atoms with E-state index in [4.69, 9.17) is 18.6 Å². The maximum absolute atomic E-state index is 11.6. The smallest absolute Gasteiger partial charge is 0.305 e. The van der Waals surface area contributed by atoms with Crippen molar-refractivity contribution in [1.29, 1.82) is 0 Å². The minimum atomic E-state index is -1.93. The zero-order valence-electron chi connectivity index (χ0n) is 21.1. The van der Waals surface area contributed by atoms with Crippen molar-refractivity contribution < 1.29 is 23.4 Å². The molecule has 0 saturated carbocycles. The summed E-state index contributed by atoms with van der Waals surface area (Å²) in [5.41, 5.74) is 2.65. The second-order valence-electron chi connectivity index (χ2n) is 9.28. The first kappa shape index (κ1) is 28.6. The average Bonchev–Trinajstić information content (AvgIpc) is 2.70. The SMILES string of the molecule is C=CC[C@H](CCO[Si](C(C)C)(C(C)C)C(C)C)OC(COCc1ccccc1)OC(C)=O. The summed E-state index contributed by atoms with van der Waals surface area (Å²) in [6.45, 7) is 20.2. The van der Waals surface area contributed by atoms with Gasteiger partial charge in [-0.1, -0.05) is 78.0 Å². The number of carbonyl (C=O) groups excluding carboxylic acids is 1.